The molecule has 3 N–H and O–H groups in total. The van der Waals surface area contributed by atoms with Gasteiger partial charge in [-0.05, 0) is 0 Å². The van der Waals surface area contributed by atoms with Crippen LogP contribution in [0.25, 0.3) is 0 Å². The molecule has 0 saturated heterocycles. The largest absolute Gasteiger partial charge is 0.505 e. The zero-order valence-corrected chi connectivity index (χ0v) is 7.20. The third-order valence-electron chi connectivity index (χ3n) is 1.59. The molecule has 0 aliphatic carbocycles. The minimum Gasteiger partial charge on any atom is -0.505 e. The Hall–Kier alpha value is -1.71. The summed E-state index contributed by atoms with van der Waals surface area (Å²) in [5.41, 5.74) is 0. The van der Waals surface area contributed by atoms with E-state index in [1.54, 1.807) is 6.07 Å². The summed E-state index contributed by atoms with van der Waals surface area (Å²) >= 11 is 0. The molecule has 1 heterocycles. The molecule has 1 rings (SSSR count). The van der Waals surface area contributed by atoms with Gasteiger partial charge in [-0.2, -0.15) is 5.26 Å². The second kappa shape index (κ2) is 4.50. The van der Waals surface area contributed by atoms with E-state index in [0.29, 0.717) is 0 Å². The second-order valence-electron chi connectivity index (χ2n) is 2.67. The van der Waals surface area contributed by atoms with Crippen LogP contribution in [0.3, 0.4) is 0 Å². The normalized spacial score (nSPS) is 14.4. The Morgan fingerprint density at radius 2 is 1.93 bits per heavy atom. The van der Waals surface area contributed by atoms with Gasteiger partial charge in [0.25, 0.3) is 0 Å². The molecule has 6 nitrogen and oxygen atoms in total. The Kier molecular flexibility index (Phi) is 3.34. The Balaban J connectivity index is 2.74. The van der Waals surface area contributed by atoms with Crippen molar-refractivity contribution in [1.82, 2.24) is 9.97 Å². The van der Waals surface area contributed by atoms with E-state index in [4.69, 9.17) is 10.4 Å². The average molecular weight is 195 g/mol. The summed E-state index contributed by atoms with van der Waals surface area (Å²) in [5.74, 6) is -0.152. The summed E-state index contributed by atoms with van der Waals surface area (Å²) in [5, 5.41) is 35.8. The molecule has 0 amide bonds. The predicted molar refractivity (Wildman–Crippen MR) is 44.9 cm³/mol. The second-order valence-corrected chi connectivity index (χ2v) is 2.67. The van der Waals surface area contributed by atoms with Crippen LogP contribution in [0.15, 0.2) is 12.4 Å². The molecule has 0 aliphatic rings. The first-order valence-corrected chi connectivity index (χ1v) is 3.89. The van der Waals surface area contributed by atoms with Crippen LogP contribution in [0.5, 0.6) is 5.75 Å². The molecule has 2 unspecified atom stereocenters. The molecule has 6 heteroatoms. The molecule has 0 saturated carbocycles. The van der Waals surface area contributed by atoms with Crippen LogP contribution in [0.4, 0.5) is 0 Å². The van der Waals surface area contributed by atoms with Crippen LogP contribution < -0.4 is 0 Å². The molecule has 0 aromatic carbocycles. The first-order valence-electron chi connectivity index (χ1n) is 3.89. The molecule has 2 atom stereocenters. The van der Waals surface area contributed by atoms with Gasteiger partial charge in [-0.25, -0.2) is 9.97 Å². The first-order chi connectivity index (χ1) is 6.65. The number of aromatic hydroxyl groups is 1. The smallest absolute Gasteiger partial charge is 0.159 e. The molecule has 0 radical (unpaired) electrons. The van der Waals surface area contributed by atoms with Crippen molar-refractivity contribution in [2.45, 2.75) is 18.6 Å². The van der Waals surface area contributed by atoms with E-state index in [1.165, 1.54) is 0 Å². The molecule has 74 valence electrons. The zero-order chi connectivity index (χ0) is 10.6. The average Bonchev–Trinajstić information content (AvgIpc) is 2.18. The highest BCUT2D eigenvalue weighted by Crippen LogP contribution is 2.15. The van der Waals surface area contributed by atoms with E-state index in [0.717, 1.165) is 12.4 Å². The molecule has 0 spiro atoms. The summed E-state index contributed by atoms with van der Waals surface area (Å²) in [6.07, 6.45) is -0.527. The van der Waals surface area contributed by atoms with Crippen LogP contribution in [-0.4, -0.2) is 31.4 Å². The maximum absolute atomic E-state index is 9.40. The number of aliphatic hydroxyl groups is 2. The molecule has 1 aromatic heterocycles. The number of rotatable bonds is 3. The lowest BCUT2D eigenvalue weighted by molar-refractivity contribution is 0.0161. The fourth-order valence-corrected chi connectivity index (χ4v) is 0.861. The van der Waals surface area contributed by atoms with Crippen molar-refractivity contribution in [2.75, 3.05) is 0 Å². The van der Waals surface area contributed by atoms with Crippen LogP contribution in [0, 0.1) is 11.3 Å². The number of hydrogen-bond acceptors (Lipinski definition) is 6. The van der Waals surface area contributed by atoms with E-state index in [2.05, 4.69) is 9.97 Å². The van der Waals surface area contributed by atoms with Gasteiger partial charge in [0.05, 0.1) is 24.9 Å². The maximum atomic E-state index is 9.40. The first kappa shape index (κ1) is 10.4. The number of hydrogen-bond donors (Lipinski definition) is 3. The lowest BCUT2D eigenvalue weighted by Gasteiger charge is -2.12. The number of nitriles is 1. The van der Waals surface area contributed by atoms with Crippen LogP contribution in [0.2, 0.25) is 0 Å². The van der Waals surface area contributed by atoms with Gasteiger partial charge in [0.2, 0.25) is 0 Å². The highest BCUT2D eigenvalue weighted by atomic mass is 16.3. The predicted octanol–water partition coefficient (Wildman–Crippen LogP) is -0.510. The van der Waals surface area contributed by atoms with E-state index in [9.17, 15) is 10.2 Å². The standard InChI is InChI=1S/C8H9N3O3/c9-2-1-6(13)7(14)8-10-3-5(12)4-11-8/h3-4,6-7,12-14H,1H2. The fraction of sp³-hybridized carbons (Fsp3) is 0.375. The van der Waals surface area contributed by atoms with E-state index < -0.39 is 12.2 Å². The SMILES string of the molecule is N#CCC(O)C(O)c1ncc(O)cn1. The minimum atomic E-state index is -1.31. The van der Waals surface area contributed by atoms with Gasteiger partial charge in [0.15, 0.2) is 11.6 Å². The molecular weight excluding hydrogens is 186 g/mol. The topological polar surface area (TPSA) is 110 Å². The van der Waals surface area contributed by atoms with Gasteiger partial charge in [-0.15, -0.1) is 0 Å². The van der Waals surface area contributed by atoms with Crippen molar-refractivity contribution < 1.29 is 15.3 Å². The third kappa shape index (κ3) is 2.39. The molecule has 14 heavy (non-hydrogen) atoms. The molecular formula is C8H9N3O3. The van der Waals surface area contributed by atoms with Crippen molar-refractivity contribution in [3.8, 4) is 11.8 Å². The summed E-state index contributed by atoms with van der Waals surface area (Å²) in [6.45, 7) is 0. The van der Waals surface area contributed by atoms with Crippen molar-refractivity contribution in [2.24, 2.45) is 0 Å². The van der Waals surface area contributed by atoms with Crippen molar-refractivity contribution in [3.05, 3.63) is 18.2 Å². The Bertz CT molecular complexity index is 333. The monoisotopic (exact) mass is 195 g/mol. The van der Waals surface area contributed by atoms with Gasteiger partial charge < -0.3 is 15.3 Å². The van der Waals surface area contributed by atoms with Crippen LogP contribution >= 0.6 is 0 Å². The minimum absolute atomic E-state index is 0.0226. The quantitative estimate of drug-likeness (QED) is 0.599. The lowest BCUT2D eigenvalue weighted by atomic mass is 10.1. The Morgan fingerprint density at radius 1 is 1.36 bits per heavy atom. The maximum Gasteiger partial charge on any atom is 0.159 e. The molecule has 1 aromatic rings. The summed E-state index contributed by atoms with van der Waals surface area (Å²) in [4.78, 5) is 7.20. The number of nitrogens with zero attached hydrogens (tertiary/aromatic N) is 3. The zero-order valence-electron chi connectivity index (χ0n) is 7.20. The van der Waals surface area contributed by atoms with Gasteiger partial charge in [0, 0.05) is 0 Å². The van der Waals surface area contributed by atoms with Gasteiger partial charge in [-0.3, -0.25) is 0 Å². The highest BCUT2D eigenvalue weighted by molar-refractivity contribution is 5.11. The van der Waals surface area contributed by atoms with Crippen molar-refractivity contribution in [1.29, 1.82) is 5.26 Å². The van der Waals surface area contributed by atoms with E-state index in [1.807, 2.05) is 0 Å². The summed E-state index contributed by atoms with van der Waals surface area (Å²) < 4.78 is 0. The third-order valence-corrected chi connectivity index (χ3v) is 1.59. The Labute approximate surface area is 80.1 Å². The highest BCUT2D eigenvalue weighted by Gasteiger charge is 2.20. The molecule has 0 aliphatic heterocycles. The van der Waals surface area contributed by atoms with Crippen molar-refractivity contribution >= 4 is 0 Å². The number of aromatic nitrogens is 2. The Morgan fingerprint density at radius 3 is 2.43 bits per heavy atom. The molecule has 0 fully saturated rings. The van der Waals surface area contributed by atoms with E-state index in [-0.39, 0.29) is 18.0 Å². The lowest BCUT2D eigenvalue weighted by Crippen LogP contribution is -2.19. The van der Waals surface area contributed by atoms with Gasteiger partial charge in [0.1, 0.15) is 12.2 Å². The molecule has 0 bridgehead atoms. The summed E-state index contributed by atoms with van der Waals surface area (Å²) in [6, 6.07) is 1.71. The van der Waals surface area contributed by atoms with Crippen molar-refractivity contribution in [3.63, 3.8) is 0 Å². The van der Waals surface area contributed by atoms with Crippen LogP contribution in [-0.2, 0) is 0 Å². The number of aliphatic hydroxyl groups excluding tert-OH is 2. The van der Waals surface area contributed by atoms with E-state index >= 15 is 0 Å². The van der Waals surface area contributed by atoms with Gasteiger partial charge in [-0.1, -0.05) is 0 Å². The van der Waals surface area contributed by atoms with Crippen LogP contribution in [0.1, 0.15) is 18.3 Å². The fourth-order valence-electron chi connectivity index (χ4n) is 0.861. The van der Waals surface area contributed by atoms with Gasteiger partial charge >= 0.3 is 0 Å². The summed E-state index contributed by atoms with van der Waals surface area (Å²) in [7, 11) is 0.